The van der Waals surface area contributed by atoms with Crippen molar-refractivity contribution < 1.29 is 4.79 Å². The van der Waals surface area contributed by atoms with Gasteiger partial charge in [-0.1, -0.05) is 38.0 Å². The third-order valence-electron chi connectivity index (χ3n) is 3.40. The number of anilines is 1. The molecular weight excluding hydrogens is 262 g/mol. The Morgan fingerprint density at radius 2 is 2.00 bits per heavy atom. The first kappa shape index (κ1) is 15.3. The van der Waals surface area contributed by atoms with Crippen molar-refractivity contribution in [3.05, 3.63) is 36.5 Å². The number of para-hydroxylation sites is 1. The van der Waals surface area contributed by atoms with Crippen LogP contribution in [0.25, 0.3) is 10.9 Å². The number of hydrogen-bond donors (Lipinski definition) is 2. The van der Waals surface area contributed by atoms with Crippen LogP contribution in [-0.4, -0.2) is 24.0 Å². The minimum atomic E-state index is 0.104. The van der Waals surface area contributed by atoms with E-state index in [2.05, 4.69) is 22.5 Å². The molecule has 4 nitrogen and oxygen atoms in total. The second-order valence-electron chi connectivity index (χ2n) is 5.11. The number of aromatic nitrogens is 1. The van der Waals surface area contributed by atoms with Gasteiger partial charge >= 0.3 is 0 Å². The number of nitrogens with zero attached hydrogens (tertiary/aromatic N) is 1. The number of pyridine rings is 1. The predicted octanol–water partition coefficient (Wildman–Crippen LogP) is 3.34. The van der Waals surface area contributed by atoms with Gasteiger partial charge in [-0.15, -0.1) is 0 Å². The van der Waals surface area contributed by atoms with Crippen molar-refractivity contribution >= 4 is 22.5 Å². The molecule has 0 saturated heterocycles. The zero-order valence-electron chi connectivity index (χ0n) is 12.6. The van der Waals surface area contributed by atoms with Crippen molar-refractivity contribution in [1.29, 1.82) is 0 Å². The molecule has 1 aromatic heterocycles. The van der Waals surface area contributed by atoms with Gasteiger partial charge in [0, 0.05) is 31.1 Å². The molecule has 21 heavy (non-hydrogen) atoms. The lowest BCUT2D eigenvalue weighted by Crippen LogP contribution is -2.26. The van der Waals surface area contributed by atoms with E-state index in [-0.39, 0.29) is 5.91 Å². The molecular formula is C17H23N3O. The zero-order valence-corrected chi connectivity index (χ0v) is 12.6. The van der Waals surface area contributed by atoms with Crippen molar-refractivity contribution in [3.63, 3.8) is 0 Å². The number of benzene rings is 1. The maximum atomic E-state index is 11.7. The average Bonchev–Trinajstić information content (AvgIpc) is 2.52. The fraction of sp³-hybridized carbons (Fsp3) is 0.412. The molecule has 2 aromatic rings. The highest BCUT2D eigenvalue weighted by Crippen LogP contribution is 2.20. The van der Waals surface area contributed by atoms with Crippen LogP contribution in [-0.2, 0) is 4.79 Å². The van der Waals surface area contributed by atoms with Gasteiger partial charge in [0.2, 0.25) is 5.91 Å². The van der Waals surface area contributed by atoms with E-state index < -0.39 is 0 Å². The number of amides is 1. The van der Waals surface area contributed by atoms with Gasteiger partial charge in [-0.2, -0.15) is 0 Å². The molecule has 0 bridgehead atoms. The third-order valence-corrected chi connectivity index (χ3v) is 3.40. The van der Waals surface area contributed by atoms with Crippen LogP contribution in [0, 0.1) is 0 Å². The molecule has 1 aromatic carbocycles. The Hall–Kier alpha value is -2.10. The third kappa shape index (κ3) is 4.74. The monoisotopic (exact) mass is 285 g/mol. The summed E-state index contributed by atoms with van der Waals surface area (Å²) in [5, 5.41) is 7.35. The molecule has 0 aliphatic heterocycles. The molecule has 0 spiro atoms. The number of rotatable bonds is 8. The molecule has 2 rings (SSSR count). The van der Waals surface area contributed by atoms with Gasteiger partial charge in [-0.3, -0.25) is 9.78 Å². The molecule has 2 N–H and O–H groups in total. The van der Waals surface area contributed by atoms with Crippen LogP contribution in [0.15, 0.2) is 36.5 Å². The number of hydrogen-bond acceptors (Lipinski definition) is 3. The Balaban J connectivity index is 1.78. The highest BCUT2D eigenvalue weighted by atomic mass is 16.1. The molecule has 0 radical (unpaired) electrons. The summed E-state index contributed by atoms with van der Waals surface area (Å²) in [6.07, 6.45) is 5.66. The molecule has 0 saturated carbocycles. The van der Waals surface area contributed by atoms with E-state index in [1.807, 2.05) is 30.3 Å². The minimum Gasteiger partial charge on any atom is -0.383 e. The number of nitrogens with one attached hydrogen (secondary N) is 2. The second kappa shape index (κ2) is 8.25. The summed E-state index contributed by atoms with van der Waals surface area (Å²) >= 11 is 0. The van der Waals surface area contributed by atoms with E-state index in [1.165, 1.54) is 12.8 Å². The smallest absolute Gasteiger partial charge is 0.221 e. The topological polar surface area (TPSA) is 54.0 Å². The average molecular weight is 285 g/mol. The van der Waals surface area contributed by atoms with Crippen LogP contribution in [0.2, 0.25) is 0 Å². The summed E-state index contributed by atoms with van der Waals surface area (Å²) < 4.78 is 0. The number of fused-ring (bicyclic) bond motifs is 1. The Morgan fingerprint density at radius 1 is 1.14 bits per heavy atom. The van der Waals surface area contributed by atoms with Crippen LogP contribution in [0.5, 0.6) is 0 Å². The van der Waals surface area contributed by atoms with Crippen molar-refractivity contribution in [2.75, 3.05) is 18.4 Å². The molecule has 0 atom stereocenters. The molecule has 0 fully saturated rings. The van der Waals surface area contributed by atoms with Gasteiger partial charge in [-0.05, 0) is 18.6 Å². The lowest BCUT2D eigenvalue weighted by molar-refractivity contribution is -0.120. The maximum Gasteiger partial charge on any atom is 0.221 e. The van der Waals surface area contributed by atoms with Crippen molar-refractivity contribution in [1.82, 2.24) is 10.3 Å². The van der Waals surface area contributed by atoms with Gasteiger partial charge < -0.3 is 10.6 Å². The van der Waals surface area contributed by atoms with Gasteiger partial charge in [0.15, 0.2) is 0 Å². The summed E-state index contributed by atoms with van der Waals surface area (Å²) in [6, 6.07) is 9.99. The first-order chi connectivity index (χ1) is 10.3. The van der Waals surface area contributed by atoms with Gasteiger partial charge in [0.1, 0.15) is 0 Å². The van der Waals surface area contributed by atoms with E-state index in [9.17, 15) is 4.79 Å². The molecule has 0 unspecified atom stereocenters. The standard InChI is InChI=1S/C17H23N3O/c1-2-3-4-11-19-16(21)10-13-18-15-9-5-7-14-8-6-12-20-17(14)15/h5-9,12,18H,2-4,10-11,13H2,1H3,(H,19,21). The Morgan fingerprint density at radius 3 is 2.86 bits per heavy atom. The van der Waals surface area contributed by atoms with Crippen molar-refractivity contribution in [2.24, 2.45) is 0 Å². The maximum absolute atomic E-state index is 11.7. The first-order valence-electron chi connectivity index (χ1n) is 7.65. The first-order valence-corrected chi connectivity index (χ1v) is 7.65. The molecule has 0 aliphatic carbocycles. The highest BCUT2D eigenvalue weighted by molar-refractivity contribution is 5.90. The largest absolute Gasteiger partial charge is 0.383 e. The molecule has 1 amide bonds. The van der Waals surface area contributed by atoms with E-state index in [1.54, 1.807) is 6.20 Å². The minimum absolute atomic E-state index is 0.104. The van der Waals surface area contributed by atoms with Crippen LogP contribution in [0.3, 0.4) is 0 Å². The fourth-order valence-electron chi connectivity index (χ4n) is 2.25. The molecule has 4 heteroatoms. The summed E-state index contributed by atoms with van der Waals surface area (Å²) in [5.74, 6) is 0.104. The normalized spacial score (nSPS) is 10.5. The summed E-state index contributed by atoms with van der Waals surface area (Å²) in [6.45, 7) is 3.56. The Bertz CT molecular complexity index is 578. The number of carbonyl (C=O) groups excluding carboxylic acids is 1. The Kier molecular flexibility index (Phi) is 6.00. The van der Waals surface area contributed by atoms with Crippen LogP contribution < -0.4 is 10.6 Å². The molecule has 112 valence electrons. The highest BCUT2D eigenvalue weighted by Gasteiger charge is 2.03. The van der Waals surface area contributed by atoms with E-state index in [0.717, 1.165) is 29.6 Å². The number of carbonyl (C=O) groups is 1. The van der Waals surface area contributed by atoms with Gasteiger partial charge in [-0.25, -0.2) is 0 Å². The molecule has 0 aliphatic rings. The quantitative estimate of drug-likeness (QED) is 0.731. The van der Waals surface area contributed by atoms with Crippen molar-refractivity contribution in [2.45, 2.75) is 32.6 Å². The zero-order chi connectivity index (χ0) is 14.9. The lowest BCUT2D eigenvalue weighted by atomic mass is 10.2. The summed E-state index contributed by atoms with van der Waals surface area (Å²) in [7, 11) is 0. The van der Waals surface area contributed by atoms with Crippen molar-refractivity contribution in [3.8, 4) is 0 Å². The SMILES string of the molecule is CCCCCNC(=O)CCNc1cccc2cccnc12. The lowest BCUT2D eigenvalue weighted by Gasteiger charge is -2.09. The number of unbranched alkanes of at least 4 members (excludes halogenated alkanes) is 2. The predicted molar refractivity (Wildman–Crippen MR) is 87.4 cm³/mol. The van der Waals surface area contributed by atoms with Crippen LogP contribution in [0.1, 0.15) is 32.6 Å². The molecule has 1 heterocycles. The van der Waals surface area contributed by atoms with E-state index >= 15 is 0 Å². The van der Waals surface area contributed by atoms with E-state index in [4.69, 9.17) is 0 Å². The van der Waals surface area contributed by atoms with Crippen LogP contribution in [0.4, 0.5) is 5.69 Å². The fourth-order valence-corrected chi connectivity index (χ4v) is 2.25. The van der Waals surface area contributed by atoms with Crippen LogP contribution >= 0.6 is 0 Å². The van der Waals surface area contributed by atoms with Gasteiger partial charge in [0.05, 0.1) is 11.2 Å². The summed E-state index contributed by atoms with van der Waals surface area (Å²) in [5.41, 5.74) is 1.93. The van der Waals surface area contributed by atoms with E-state index in [0.29, 0.717) is 13.0 Å². The second-order valence-corrected chi connectivity index (χ2v) is 5.11. The van der Waals surface area contributed by atoms with Gasteiger partial charge in [0.25, 0.3) is 0 Å². The summed E-state index contributed by atoms with van der Waals surface area (Å²) in [4.78, 5) is 16.1. The Labute approximate surface area is 126 Å².